The number of carbonyl (C=O) groups excluding carboxylic acids is 1. The Kier molecular flexibility index (Phi) is 4.85. The van der Waals surface area contributed by atoms with E-state index in [1.807, 2.05) is 0 Å². The van der Waals surface area contributed by atoms with E-state index in [1.165, 1.54) is 44.8 Å². The molecule has 1 aromatic rings. The van der Waals surface area contributed by atoms with Crippen LogP contribution in [0.25, 0.3) is 0 Å². The molecule has 0 amide bonds. The van der Waals surface area contributed by atoms with Crippen LogP contribution in [0.5, 0.6) is 0 Å². The Hall–Kier alpha value is -1.62. The Balaban J connectivity index is 1.66. The van der Waals surface area contributed by atoms with Gasteiger partial charge in [0.15, 0.2) is 0 Å². The van der Waals surface area contributed by atoms with Gasteiger partial charge in [0.05, 0.1) is 19.1 Å². The molecule has 0 aliphatic carbocycles. The molecule has 2 aliphatic rings. The minimum Gasteiger partial charge on any atom is -0.461 e. The van der Waals surface area contributed by atoms with Gasteiger partial charge in [0.2, 0.25) is 0 Å². The number of esters is 1. The maximum absolute atomic E-state index is 12.4. The number of quaternary nitrogens is 1. The van der Waals surface area contributed by atoms with E-state index in [2.05, 4.69) is 0 Å². The van der Waals surface area contributed by atoms with Crippen LogP contribution in [0.3, 0.4) is 0 Å². The standard InChI is InChI=1S/C18H25NO4/c1-12-10-16(20)23-13(2)17(12)18(21)22-11-14-6-5-9-19-8-4-3-7-15(14)19/h10,14-15H,3-9,11H2,1-2H3/p+1/t14-,15-/m1/s1. The molecule has 0 spiro atoms. The van der Waals surface area contributed by atoms with Gasteiger partial charge in [0, 0.05) is 12.0 Å². The number of fused-ring (bicyclic) bond motifs is 1. The quantitative estimate of drug-likeness (QED) is 0.852. The molecule has 0 saturated carbocycles. The summed E-state index contributed by atoms with van der Waals surface area (Å²) < 4.78 is 10.6. The molecule has 3 heterocycles. The van der Waals surface area contributed by atoms with Crippen molar-refractivity contribution in [2.75, 3.05) is 19.7 Å². The van der Waals surface area contributed by atoms with Crippen LogP contribution >= 0.6 is 0 Å². The van der Waals surface area contributed by atoms with Crippen molar-refractivity contribution in [1.29, 1.82) is 0 Å². The third kappa shape index (κ3) is 3.50. The van der Waals surface area contributed by atoms with Crippen molar-refractivity contribution in [1.82, 2.24) is 0 Å². The number of rotatable bonds is 3. The van der Waals surface area contributed by atoms with Gasteiger partial charge in [-0.25, -0.2) is 9.59 Å². The fourth-order valence-corrected chi connectivity index (χ4v) is 4.29. The summed E-state index contributed by atoms with van der Waals surface area (Å²) in [6.45, 7) is 6.38. The van der Waals surface area contributed by atoms with Gasteiger partial charge in [0.1, 0.15) is 17.9 Å². The smallest absolute Gasteiger partial charge is 0.341 e. The Morgan fingerprint density at radius 1 is 1.26 bits per heavy atom. The SMILES string of the molecule is Cc1cc(=O)oc(C)c1C(=O)OC[C@H]1CCC[NH+]2CCCC[C@H]12. The van der Waals surface area contributed by atoms with Crippen molar-refractivity contribution in [3.63, 3.8) is 0 Å². The molecule has 2 saturated heterocycles. The molecule has 0 radical (unpaired) electrons. The third-order valence-corrected chi connectivity index (χ3v) is 5.40. The van der Waals surface area contributed by atoms with Crippen LogP contribution < -0.4 is 10.5 Å². The Morgan fingerprint density at radius 3 is 2.83 bits per heavy atom. The summed E-state index contributed by atoms with van der Waals surface area (Å²) in [5.41, 5.74) is 0.593. The molecular weight excluding hydrogens is 294 g/mol. The highest BCUT2D eigenvalue weighted by molar-refractivity contribution is 5.91. The van der Waals surface area contributed by atoms with E-state index >= 15 is 0 Å². The predicted octanol–water partition coefficient (Wildman–Crippen LogP) is 1.26. The molecule has 3 rings (SSSR count). The fraction of sp³-hybridized carbons (Fsp3) is 0.667. The van der Waals surface area contributed by atoms with Crippen LogP contribution in [-0.2, 0) is 4.74 Å². The van der Waals surface area contributed by atoms with Crippen molar-refractivity contribution in [2.45, 2.75) is 52.0 Å². The first-order chi connectivity index (χ1) is 11.1. The lowest BCUT2D eigenvalue weighted by Crippen LogP contribution is -3.18. The lowest BCUT2D eigenvalue weighted by Gasteiger charge is -2.41. The monoisotopic (exact) mass is 320 g/mol. The van der Waals surface area contributed by atoms with E-state index in [9.17, 15) is 9.59 Å². The minimum absolute atomic E-state index is 0.341. The second-order valence-electron chi connectivity index (χ2n) is 6.94. The summed E-state index contributed by atoms with van der Waals surface area (Å²) >= 11 is 0. The van der Waals surface area contributed by atoms with Crippen LogP contribution in [-0.4, -0.2) is 31.7 Å². The molecule has 126 valence electrons. The third-order valence-electron chi connectivity index (χ3n) is 5.40. The summed E-state index contributed by atoms with van der Waals surface area (Å²) in [4.78, 5) is 25.4. The number of hydrogen-bond acceptors (Lipinski definition) is 4. The van der Waals surface area contributed by atoms with Crippen LogP contribution in [0.4, 0.5) is 0 Å². The topological polar surface area (TPSA) is 61.0 Å². The highest BCUT2D eigenvalue weighted by Crippen LogP contribution is 2.21. The van der Waals surface area contributed by atoms with Crippen molar-refractivity contribution < 1.29 is 18.8 Å². The Bertz CT molecular complexity index is 608. The molecule has 1 unspecified atom stereocenters. The highest BCUT2D eigenvalue weighted by Gasteiger charge is 2.37. The van der Waals surface area contributed by atoms with Crippen LogP contribution in [0.2, 0.25) is 0 Å². The maximum Gasteiger partial charge on any atom is 0.341 e. The molecule has 2 aliphatic heterocycles. The fourth-order valence-electron chi connectivity index (χ4n) is 4.29. The van der Waals surface area contributed by atoms with Gasteiger partial charge >= 0.3 is 11.6 Å². The largest absolute Gasteiger partial charge is 0.461 e. The number of hydrogen-bond donors (Lipinski definition) is 1. The first kappa shape index (κ1) is 16.2. The van der Waals surface area contributed by atoms with E-state index < -0.39 is 5.63 Å². The molecular formula is C18H26NO4+. The van der Waals surface area contributed by atoms with Crippen LogP contribution in [0.15, 0.2) is 15.3 Å². The number of piperidine rings is 2. The predicted molar refractivity (Wildman–Crippen MR) is 85.8 cm³/mol. The van der Waals surface area contributed by atoms with Crippen molar-refractivity contribution in [3.8, 4) is 0 Å². The van der Waals surface area contributed by atoms with Crippen molar-refractivity contribution in [3.05, 3.63) is 33.4 Å². The van der Waals surface area contributed by atoms with Crippen LogP contribution in [0.1, 0.15) is 53.8 Å². The summed E-state index contributed by atoms with van der Waals surface area (Å²) in [6.07, 6.45) is 6.21. The average molecular weight is 320 g/mol. The van der Waals surface area contributed by atoms with Crippen molar-refractivity contribution in [2.24, 2.45) is 5.92 Å². The maximum atomic E-state index is 12.4. The number of nitrogens with one attached hydrogen (secondary N) is 1. The molecule has 0 bridgehead atoms. The zero-order chi connectivity index (χ0) is 16.4. The summed E-state index contributed by atoms with van der Waals surface area (Å²) in [6, 6.07) is 1.98. The second-order valence-corrected chi connectivity index (χ2v) is 6.94. The van der Waals surface area contributed by atoms with E-state index in [1.54, 1.807) is 18.7 Å². The Morgan fingerprint density at radius 2 is 2.04 bits per heavy atom. The van der Waals surface area contributed by atoms with Gasteiger partial charge in [0.25, 0.3) is 0 Å². The van der Waals surface area contributed by atoms with E-state index in [4.69, 9.17) is 9.15 Å². The van der Waals surface area contributed by atoms with Gasteiger partial charge in [-0.05, 0) is 51.5 Å². The van der Waals surface area contributed by atoms with Gasteiger partial charge in [-0.3, -0.25) is 0 Å². The Labute approximate surface area is 136 Å². The van der Waals surface area contributed by atoms with Crippen LogP contribution in [0, 0.1) is 19.8 Å². The van der Waals surface area contributed by atoms with Gasteiger partial charge in [-0.1, -0.05) is 0 Å². The van der Waals surface area contributed by atoms with Gasteiger partial charge < -0.3 is 14.1 Å². The van der Waals surface area contributed by atoms with E-state index in [-0.39, 0.29) is 5.97 Å². The first-order valence-electron chi connectivity index (χ1n) is 8.69. The molecule has 1 N–H and O–H groups in total. The summed E-state index contributed by atoms with van der Waals surface area (Å²) in [7, 11) is 0. The lowest BCUT2D eigenvalue weighted by atomic mass is 9.84. The second kappa shape index (κ2) is 6.87. The molecule has 2 fully saturated rings. The molecule has 5 heteroatoms. The lowest BCUT2D eigenvalue weighted by molar-refractivity contribution is -0.940. The normalized spacial score (nSPS) is 27.3. The highest BCUT2D eigenvalue weighted by atomic mass is 16.5. The minimum atomic E-state index is -0.426. The van der Waals surface area contributed by atoms with Gasteiger partial charge in [-0.2, -0.15) is 0 Å². The van der Waals surface area contributed by atoms with Crippen molar-refractivity contribution >= 4 is 5.97 Å². The molecule has 1 aromatic heterocycles. The van der Waals surface area contributed by atoms with E-state index in [0.717, 1.165) is 6.42 Å². The number of ether oxygens (including phenoxy) is 1. The molecule has 5 nitrogen and oxygen atoms in total. The summed E-state index contributed by atoms with van der Waals surface area (Å²) in [5, 5.41) is 0. The number of aryl methyl sites for hydroxylation is 2. The first-order valence-corrected chi connectivity index (χ1v) is 8.69. The zero-order valence-corrected chi connectivity index (χ0v) is 14.0. The molecule has 0 aromatic carbocycles. The molecule has 23 heavy (non-hydrogen) atoms. The zero-order valence-electron chi connectivity index (χ0n) is 14.0. The van der Waals surface area contributed by atoms with E-state index in [0.29, 0.717) is 35.5 Å². The average Bonchev–Trinajstić information content (AvgIpc) is 2.52. The molecule has 3 atom stereocenters. The van der Waals surface area contributed by atoms with Gasteiger partial charge in [-0.15, -0.1) is 0 Å². The number of carbonyl (C=O) groups is 1. The summed E-state index contributed by atoms with van der Waals surface area (Å²) in [5.74, 6) is 0.430.